The van der Waals surface area contributed by atoms with Crippen molar-refractivity contribution in [2.24, 2.45) is 0 Å². The first kappa shape index (κ1) is 15.0. The molecule has 108 valence electrons. The molecular formula is C15H18BrNO3. The van der Waals surface area contributed by atoms with Gasteiger partial charge in [-0.2, -0.15) is 0 Å². The van der Waals surface area contributed by atoms with E-state index in [0.29, 0.717) is 13.0 Å². The highest BCUT2D eigenvalue weighted by Gasteiger charge is 2.36. The number of alkyl halides is 1. The number of hydrogen-bond acceptors (Lipinski definition) is 3. The molecule has 0 bridgehead atoms. The number of carbonyl (C=O) groups excluding carboxylic acids is 2. The van der Waals surface area contributed by atoms with Crippen molar-refractivity contribution in [2.75, 3.05) is 6.54 Å². The first-order valence-corrected chi connectivity index (χ1v) is 7.66. The summed E-state index contributed by atoms with van der Waals surface area (Å²) in [5, 5.41) is 0. The second-order valence-electron chi connectivity index (χ2n) is 4.90. The van der Waals surface area contributed by atoms with Crippen LogP contribution in [0.15, 0.2) is 30.3 Å². The molecule has 0 radical (unpaired) electrons. The molecule has 1 fully saturated rings. The maximum Gasteiger partial charge on any atom is 0.329 e. The third-order valence-electron chi connectivity index (χ3n) is 3.37. The van der Waals surface area contributed by atoms with Crippen LogP contribution < -0.4 is 0 Å². The van der Waals surface area contributed by atoms with E-state index >= 15 is 0 Å². The molecule has 1 unspecified atom stereocenters. The molecule has 1 aromatic carbocycles. The van der Waals surface area contributed by atoms with Crippen molar-refractivity contribution >= 4 is 27.8 Å². The second kappa shape index (κ2) is 6.88. The molecule has 0 N–H and O–H groups in total. The zero-order chi connectivity index (χ0) is 14.5. The lowest BCUT2D eigenvalue weighted by atomic mass is 10.2. The van der Waals surface area contributed by atoms with Crippen molar-refractivity contribution in [1.29, 1.82) is 0 Å². The average molecular weight is 340 g/mol. The number of ether oxygens (including phenoxy) is 1. The van der Waals surface area contributed by atoms with Gasteiger partial charge in [-0.25, -0.2) is 4.79 Å². The molecule has 0 aliphatic carbocycles. The van der Waals surface area contributed by atoms with Crippen LogP contribution >= 0.6 is 15.9 Å². The summed E-state index contributed by atoms with van der Waals surface area (Å²) in [6, 6.07) is 9.10. The number of rotatable bonds is 4. The molecule has 5 heteroatoms. The standard InChI is InChI=1S/C15H18BrNO3/c1-11(16)14(18)17-9-5-8-13(17)15(19)20-10-12-6-3-2-4-7-12/h2-4,6-7,11,13H,5,8-10H2,1H3/t11?,13-/m0/s1. The molecule has 1 aliphatic heterocycles. The number of hydrogen-bond donors (Lipinski definition) is 0. The molecule has 2 rings (SSSR count). The number of benzene rings is 1. The van der Waals surface area contributed by atoms with Crippen LogP contribution in [0.4, 0.5) is 0 Å². The molecule has 20 heavy (non-hydrogen) atoms. The Hall–Kier alpha value is -1.36. The summed E-state index contributed by atoms with van der Waals surface area (Å²) in [5.74, 6) is -0.364. The lowest BCUT2D eigenvalue weighted by Gasteiger charge is -2.24. The van der Waals surface area contributed by atoms with Crippen LogP contribution in [-0.2, 0) is 20.9 Å². The Kier molecular flexibility index (Phi) is 5.17. The minimum absolute atomic E-state index is 0.0517. The topological polar surface area (TPSA) is 46.6 Å². The monoisotopic (exact) mass is 339 g/mol. The van der Waals surface area contributed by atoms with Crippen LogP contribution in [0, 0.1) is 0 Å². The van der Waals surface area contributed by atoms with E-state index in [1.807, 2.05) is 30.3 Å². The normalized spacial score (nSPS) is 19.7. The van der Waals surface area contributed by atoms with Gasteiger partial charge in [-0.1, -0.05) is 46.3 Å². The Morgan fingerprint density at radius 2 is 2.10 bits per heavy atom. The van der Waals surface area contributed by atoms with Crippen LogP contribution in [-0.4, -0.2) is 34.2 Å². The summed E-state index contributed by atoms with van der Waals surface area (Å²) in [6.45, 7) is 2.65. The summed E-state index contributed by atoms with van der Waals surface area (Å²) >= 11 is 3.26. The number of likely N-dealkylation sites (tertiary alicyclic amines) is 1. The van der Waals surface area contributed by atoms with E-state index in [1.165, 1.54) is 0 Å². The quantitative estimate of drug-likeness (QED) is 0.625. The van der Waals surface area contributed by atoms with Gasteiger partial charge in [0.1, 0.15) is 12.6 Å². The summed E-state index contributed by atoms with van der Waals surface area (Å²) in [7, 11) is 0. The Bertz CT molecular complexity index is 475. The van der Waals surface area contributed by atoms with Gasteiger partial charge in [0.25, 0.3) is 0 Å². The van der Waals surface area contributed by atoms with E-state index in [2.05, 4.69) is 15.9 Å². The highest BCUT2D eigenvalue weighted by atomic mass is 79.9. The van der Waals surface area contributed by atoms with Crippen LogP contribution in [0.3, 0.4) is 0 Å². The largest absolute Gasteiger partial charge is 0.459 e. The lowest BCUT2D eigenvalue weighted by Crippen LogP contribution is -2.44. The smallest absolute Gasteiger partial charge is 0.329 e. The molecule has 0 saturated carbocycles. The van der Waals surface area contributed by atoms with Crippen molar-refractivity contribution in [1.82, 2.24) is 4.90 Å². The fourth-order valence-corrected chi connectivity index (χ4v) is 2.59. The Balaban J connectivity index is 1.93. The molecule has 2 atom stereocenters. The minimum Gasteiger partial charge on any atom is -0.459 e. The van der Waals surface area contributed by atoms with Gasteiger partial charge in [-0.05, 0) is 25.3 Å². The van der Waals surface area contributed by atoms with E-state index in [1.54, 1.807) is 11.8 Å². The van der Waals surface area contributed by atoms with Crippen molar-refractivity contribution < 1.29 is 14.3 Å². The van der Waals surface area contributed by atoms with Crippen LogP contribution in [0.5, 0.6) is 0 Å². The molecular weight excluding hydrogens is 322 g/mol. The average Bonchev–Trinajstić information content (AvgIpc) is 2.94. The van der Waals surface area contributed by atoms with Gasteiger partial charge in [-0.15, -0.1) is 0 Å². The SMILES string of the molecule is CC(Br)C(=O)N1CCC[C@H]1C(=O)OCc1ccccc1. The van der Waals surface area contributed by atoms with Gasteiger partial charge in [0, 0.05) is 6.54 Å². The molecule has 4 nitrogen and oxygen atoms in total. The van der Waals surface area contributed by atoms with Crippen LogP contribution in [0.25, 0.3) is 0 Å². The number of esters is 1. The number of halogens is 1. The Labute approximate surface area is 127 Å². The van der Waals surface area contributed by atoms with Crippen molar-refractivity contribution in [2.45, 2.75) is 37.2 Å². The number of amides is 1. The zero-order valence-electron chi connectivity index (χ0n) is 11.4. The molecule has 0 spiro atoms. The summed E-state index contributed by atoms with van der Waals surface area (Å²) in [4.78, 5) is 25.5. The highest BCUT2D eigenvalue weighted by molar-refractivity contribution is 9.10. The minimum atomic E-state index is -0.439. The van der Waals surface area contributed by atoms with E-state index in [9.17, 15) is 9.59 Å². The van der Waals surface area contributed by atoms with E-state index < -0.39 is 6.04 Å². The molecule has 1 heterocycles. The molecule has 0 aromatic heterocycles. The third kappa shape index (κ3) is 3.60. The fourth-order valence-electron chi connectivity index (χ4n) is 2.33. The first-order chi connectivity index (χ1) is 9.59. The van der Waals surface area contributed by atoms with Gasteiger partial charge < -0.3 is 9.64 Å². The van der Waals surface area contributed by atoms with Crippen LogP contribution in [0.1, 0.15) is 25.3 Å². The molecule has 1 aromatic rings. The molecule has 1 saturated heterocycles. The van der Waals surface area contributed by atoms with Gasteiger partial charge in [-0.3, -0.25) is 4.79 Å². The van der Waals surface area contributed by atoms with Gasteiger partial charge >= 0.3 is 5.97 Å². The van der Waals surface area contributed by atoms with E-state index in [4.69, 9.17) is 4.74 Å². The first-order valence-electron chi connectivity index (χ1n) is 6.74. The van der Waals surface area contributed by atoms with E-state index in [0.717, 1.165) is 12.0 Å². The maximum atomic E-state index is 12.1. The summed E-state index contributed by atoms with van der Waals surface area (Å²) in [5.41, 5.74) is 0.950. The second-order valence-corrected chi connectivity index (χ2v) is 6.27. The Morgan fingerprint density at radius 1 is 1.40 bits per heavy atom. The summed E-state index contributed by atoms with van der Waals surface area (Å²) < 4.78 is 5.32. The third-order valence-corrected chi connectivity index (χ3v) is 3.76. The predicted molar refractivity (Wildman–Crippen MR) is 79.4 cm³/mol. The van der Waals surface area contributed by atoms with Crippen molar-refractivity contribution in [3.63, 3.8) is 0 Å². The maximum absolute atomic E-state index is 12.1. The fraction of sp³-hybridized carbons (Fsp3) is 0.467. The predicted octanol–water partition coefficient (Wildman–Crippen LogP) is 2.50. The van der Waals surface area contributed by atoms with Gasteiger partial charge in [0.15, 0.2) is 0 Å². The molecule has 1 aliphatic rings. The Morgan fingerprint density at radius 3 is 2.75 bits per heavy atom. The van der Waals surface area contributed by atoms with Crippen molar-refractivity contribution in [3.8, 4) is 0 Å². The number of nitrogens with zero attached hydrogens (tertiary/aromatic N) is 1. The zero-order valence-corrected chi connectivity index (χ0v) is 13.0. The highest BCUT2D eigenvalue weighted by Crippen LogP contribution is 2.21. The number of carbonyl (C=O) groups is 2. The van der Waals surface area contributed by atoms with Crippen molar-refractivity contribution in [3.05, 3.63) is 35.9 Å². The van der Waals surface area contributed by atoms with Crippen LogP contribution in [0.2, 0.25) is 0 Å². The van der Waals surface area contributed by atoms with E-state index in [-0.39, 0.29) is 23.3 Å². The molecule has 1 amide bonds. The lowest BCUT2D eigenvalue weighted by molar-refractivity contribution is -0.154. The van der Waals surface area contributed by atoms with Gasteiger partial charge in [0.05, 0.1) is 4.83 Å². The summed E-state index contributed by atoms with van der Waals surface area (Å²) in [6.07, 6.45) is 1.52. The van der Waals surface area contributed by atoms with Gasteiger partial charge in [0.2, 0.25) is 5.91 Å².